The molecule has 3 fully saturated rings. The predicted octanol–water partition coefficient (Wildman–Crippen LogP) is 3.41. The Hall–Kier alpha value is -2.83. The van der Waals surface area contributed by atoms with Crippen molar-refractivity contribution in [3.63, 3.8) is 0 Å². The summed E-state index contributed by atoms with van der Waals surface area (Å²) in [5.74, 6) is -2.78. The van der Waals surface area contributed by atoms with Gasteiger partial charge in [0.25, 0.3) is 0 Å². The Morgan fingerprint density at radius 1 is 1.05 bits per heavy atom. The molecule has 1 aromatic carbocycles. The molecule has 232 valence electrons. The first-order valence-electron chi connectivity index (χ1n) is 14.3. The Kier molecular flexibility index (Phi) is 10.4. The second kappa shape index (κ2) is 13.6. The summed E-state index contributed by atoms with van der Waals surface area (Å²) in [4.78, 5) is 36.1. The number of hydrogen-bond acceptors (Lipinski definition) is 11. The number of carbonyl (C=O) groups is 3. The van der Waals surface area contributed by atoms with Gasteiger partial charge >= 0.3 is 17.9 Å². The molecule has 4 rings (SSSR count). The van der Waals surface area contributed by atoms with Crippen molar-refractivity contribution in [2.45, 2.75) is 114 Å². The summed E-state index contributed by atoms with van der Waals surface area (Å²) in [6.07, 6.45) is -1.10. The van der Waals surface area contributed by atoms with Crippen LogP contribution in [0.25, 0.3) is 0 Å². The summed E-state index contributed by atoms with van der Waals surface area (Å²) >= 11 is 0. The highest BCUT2D eigenvalue weighted by molar-refractivity contribution is 5.67. The maximum Gasteiger partial charge on any atom is 0.303 e. The first kappa shape index (κ1) is 32.1. The lowest BCUT2D eigenvalue weighted by Crippen LogP contribution is -2.69. The molecule has 9 atom stereocenters. The molecule has 1 aromatic rings. The Morgan fingerprint density at radius 2 is 1.79 bits per heavy atom. The maximum absolute atomic E-state index is 12.4. The molecule has 3 heterocycles. The van der Waals surface area contributed by atoms with E-state index in [0.717, 1.165) is 5.56 Å². The van der Waals surface area contributed by atoms with E-state index in [4.69, 9.17) is 37.9 Å². The van der Waals surface area contributed by atoms with Crippen molar-refractivity contribution in [2.75, 3.05) is 13.7 Å². The molecule has 0 saturated carbocycles. The second-order valence-corrected chi connectivity index (χ2v) is 11.3. The maximum atomic E-state index is 12.4. The fraction of sp³-hybridized carbons (Fsp3) is 0.645. The Morgan fingerprint density at radius 3 is 2.40 bits per heavy atom. The summed E-state index contributed by atoms with van der Waals surface area (Å²) in [5, 5.41) is 0. The average molecular weight is 591 g/mol. The highest BCUT2D eigenvalue weighted by Crippen LogP contribution is 2.48. The minimum Gasteiger partial charge on any atom is -0.462 e. The zero-order chi connectivity index (χ0) is 30.5. The first-order chi connectivity index (χ1) is 20.0. The molecule has 0 aliphatic carbocycles. The molecule has 42 heavy (non-hydrogen) atoms. The molecule has 0 aromatic heterocycles. The first-order valence-corrected chi connectivity index (χ1v) is 14.3. The van der Waals surface area contributed by atoms with Crippen LogP contribution in [0.2, 0.25) is 0 Å². The Balaban J connectivity index is 1.70. The molecule has 11 nitrogen and oxygen atoms in total. The number of esters is 3. The molecule has 0 radical (unpaired) electrons. The highest BCUT2D eigenvalue weighted by atomic mass is 16.8. The predicted molar refractivity (Wildman–Crippen MR) is 148 cm³/mol. The minimum atomic E-state index is -1.24. The van der Waals surface area contributed by atoms with Gasteiger partial charge in [0.2, 0.25) is 0 Å². The molecule has 5 unspecified atom stereocenters. The van der Waals surface area contributed by atoms with E-state index in [0.29, 0.717) is 19.3 Å². The van der Waals surface area contributed by atoms with Gasteiger partial charge in [-0.15, -0.1) is 6.58 Å². The van der Waals surface area contributed by atoms with Crippen molar-refractivity contribution in [3.05, 3.63) is 48.6 Å². The lowest BCUT2D eigenvalue weighted by atomic mass is 9.84. The van der Waals surface area contributed by atoms with E-state index in [1.54, 1.807) is 20.1 Å². The van der Waals surface area contributed by atoms with Crippen LogP contribution in [0.5, 0.6) is 0 Å². The van der Waals surface area contributed by atoms with Gasteiger partial charge in [-0.1, -0.05) is 36.4 Å². The van der Waals surface area contributed by atoms with Crippen LogP contribution in [0.1, 0.15) is 58.9 Å². The number of fused-ring (bicyclic) bond motifs is 2. The van der Waals surface area contributed by atoms with Crippen LogP contribution >= 0.6 is 0 Å². The highest BCUT2D eigenvalue weighted by Gasteiger charge is 2.66. The normalized spacial score (nSPS) is 33.4. The molecule has 0 amide bonds. The summed E-state index contributed by atoms with van der Waals surface area (Å²) in [6, 6.07) is 9.63. The van der Waals surface area contributed by atoms with E-state index < -0.39 is 65.9 Å². The molecule has 3 aliphatic rings. The van der Waals surface area contributed by atoms with Gasteiger partial charge in [0, 0.05) is 40.7 Å². The number of carbonyl (C=O) groups excluding carboxylic acids is 3. The van der Waals surface area contributed by atoms with Gasteiger partial charge in [0.1, 0.15) is 30.5 Å². The number of methoxy groups -OCH3 is 1. The van der Waals surface area contributed by atoms with E-state index in [1.807, 2.05) is 30.3 Å². The summed E-state index contributed by atoms with van der Waals surface area (Å²) < 4.78 is 49.0. The SMILES string of the molecule is C=CC[C@@H]1CCC2(OC)O[C@H]3C(OCc4ccccc4)C(CC(C)(COC(C)=O)OC(C)=O)OC3[C@H](OC(C)=O)[C@H]2O1. The standard InChI is InChI=1S/C31H42O11/c1-7-11-23-14-15-31(35-6)29(39-23)28(38-20(3)33)26-27(42-31)25(36-17-22-12-9-8-10-13-22)24(40-26)16-30(5,41-21(4)34)18-37-19(2)32/h7-10,12-13,23-29H,1,11,14-18H2,2-6H3/t23-,24?,25?,26?,27+,28+,29-,30?,31?/m1/s1. The average Bonchev–Trinajstić information content (AvgIpc) is 3.26. The number of ether oxygens (including phenoxy) is 8. The summed E-state index contributed by atoms with van der Waals surface area (Å²) in [6.45, 7) is 9.45. The van der Waals surface area contributed by atoms with Gasteiger partial charge in [-0.05, 0) is 25.3 Å². The van der Waals surface area contributed by atoms with Crippen molar-refractivity contribution in [3.8, 4) is 0 Å². The Labute approximate surface area is 246 Å². The number of hydrogen-bond donors (Lipinski definition) is 0. The van der Waals surface area contributed by atoms with E-state index in [9.17, 15) is 14.4 Å². The van der Waals surface area contributed by atoms with Crippen LogP contribution in [-0.4, -0.2) is 85.7 Å². The quantitative estimate of drug-likeness (QED) is 0.202. The van der Waals surface area contributed by atoms with Crippen LogP contribution in [0.3, 0.4) is 0 Å². The zero-order valence-electron chi connectivity index (χ0n) is 24.9. The molecular weight excluding hydrogens is 548 g/mol. The van der Waals surface area contributed by atoms with Gasteiger partial charge in [-0.3, -0.25) is 14.4 Å². The molecule has 3 aliphatic heterocycles. The van der Waals surface area contributed by atoms with Gasteiger partial charge < -0.3 is 37.9 Å². The smallest absolute Gasteiger partial charge is 0.303 e. The van der Waals surface area contributed by atoms with Crippen molar-refractivity contribution >= 4 is 17.9 Å². The summed E-state index contributed by atoms with van der Waals surface area (Å²) in [7, 11) is 1.54. The molecule has 0 N–H and O–H groups in total. The van der Waals surface area contributed by atoms with E-state index in [2.05, 4.69) is 6.58 Å². The lowest BCUT2D eigenvalue weighted by molar-refractivity contribution is -0.382. The zero-order valence-corrected chi connectivity index (χ0v) is 24.9. The molecular formula is C31H42O11. The molecule has 0 bridgehead atoms. The largest absolute Gasteiger partial charge is 0.462 e. The summed E-state index contributed by atoms with van der Waals surface area (Å²) in [5.41, 5.74) is -0.305. The van der Waals surface area contributed by atoms with Gasteiger partial charge in [0.05, 0.1) is 18.8 Å². The van der Waals surface area contributed by atoms with Crippen molar-refractivity contribution in [1.29, 1.82) is 0 Å². The van der Waals surface area contributed by atoms with Gasteiger partial charge in [0.15, 0.2) is 18.0 Å². The third kappa shape index (κ3) is 7.38. The topological polar surface area (TPSA) is 125 Å². The molecule has 3 saturated heterocycles. The lowest BCUT2D eigenvalue weighted by Gasteiger charge is -2.53. The van der Waals surface area contributed by atoms with Crippen molar-refractivity contribution in [1.82, 2.24) is 0 Å². The van der Waals surface area contributed by atoms with Crippen LogP contribution in [0.4, 0.5) is 0 Å². The van der Waals surface area contributed by atoms with Crippen LogP contribution in [-0.2, 0) is 58.9 Å². The van der Waals surface area contributed by atoms with Crippen LogP contribution < -0.4 is 0 Å². The minimum absolute atomic E-state index is 0.104. The van der Waals surface area contributed by atoms with Crippen molar-refractivity contribution in [2.24, 2.45) is 0 Å². The monoisotopic (exact) mass is 590 g/mol. The van der Waals surface area contributed by atoms with E-state index in [-0.39, 0.29) is 25.7 Å². The fourth-order valence-corrected chi connectivity index (χ4v) is 6.13. The van der Waals surface area contributed by atoms with Crippen LogP contribution in [0, 0.1) is 0 Å². The number of benzene rings is 1. The fourth-order valence-electron chi connectivity index (χ4n) is 6.13. The third-order valence-electron chi connectivity index (χ3n) is 7.86. The third-order valence-corrected chi connectivity index (χ3v) is 7.86. The number of rotatable bonds is 12. The molecule has 0 spiro atoms. The van der Waals surface area contributed by atoms with Gasteiger partial charge in [-0.2, -0.15) is 0 Å². The van der Waals surface area contributed by atoms with Crippen molar-refractivity contribution < 1.29 is 52.3 Å². The Bertz CT molecular complexity index is 1110. The van der Waals surface area contributed by atoms with E-state index in [1.165, 1.54) is 20.8 Å². The van der Waals surface area contributed by atoms with Crippen LogP contribution in [0.15, 0.2) is 43.0 Å². The molecule has 11 heteroatoms. The van der Waals surface area contributed by atoms with Gasteiger partial charge in [-0.25, -0.2) is 0 Å². The second-order valence-electron chi connectivity index (χ2n) is 11.3. The van der Waals surface area contributed by atoms with E-state index >= 15 is 0 Å².